The van der Waals surface area contributed by atoms with E-state index in [1.807, 2.05) is 0 Å². The van der Waals surface area contributed by atoms with E-state index >= 15 is 0 Å². The first-order valence-corrected chi connectivity index (χ1v) is 4.81. The average molecular weight is 249 g/mol. The number of rotatable bonds is 4. The largest absolute Gasteiger partial charge is 0.502 e. The monoisotopic (exact) mass is 249 g/mol. The molecule has 6 nitrogen and oxygen atoms in total. The van der Waals surface area contributed by atoms with Crippen molar-refractivity contribution in [2.24, 2.45) is 0 Å². The van der Waals surface area contributed by atoms with Gasteiger partial charge < -0.3 is 19.7 Å². The van der Waals surface area contributed by atoms with Crippen LogP contribution in [0.2, 0.25) is 0 Å². The smallest absolute Gasteiger partial charge is 0.333 e. The molecule has 0 aliphatic carbocycles. The standard InChI is InChI=1S/C12H11NO5/c1-13-8(12(15)16)4-7-5-9(17-2)11(14)10(6-7)18-3/h4-6,14H,2-3H3,(H,15,16). The molecule has 0 fully saturated rings. The molecule has 2 N–H and O–H groups in total. The van der Waals surface area contributed by atoms with Crippen molar-refractivity contribution in [2.45, 2.75) is 0 Å². The van der Waals surface area contributed by atoms with Gasteiger partial charge in [-0.3, -0.25) is 4.79 Å². The molecular weight excluding hydrogens is 238 g/mol. The van der Waals surface area contributed by atoms with Crippen molar-refractivity contribution < 1.29 is 24.5 Å². The SMILES string of the molecule is [C-]#[N+]C(=Cc1cc(OC)c(O)c(OC)c1)C(=O)O. The molecule has 0 radical (unpaired) electrons. The summed E-state index contributed by atoms with van der Waals surface area (Å²) in [5.74, 6) is -1.24. The number of phenols is 1. The van der Waals surface area contributed by atoms with Gasteiger partial charge in [0.05, 0.1) is 20.8 Å². The molecule has 0 saturated heterocycles. The van der Waals surface area contributed by atoms with E-state index in [-0.39, 0.29) is 17.2 Å². The zero-order valence-electron chi connectivity index (χ0n) is 9.80. The minimum atomic E-state index is -1.32. The lowest BCUT2D eigenvalue weighted by atomic mass is 10.1. The Morgan fingerprint density at radius 1 is 1.33 bits per heavy atom. The van der Waals surface area contributed by atoms with E-state index in [2.05, 4.69) is 4.85 Å². The zero-order chi connectivity index (χ0) is 13.7. The van der Waals surface area contributed by atoms with Crippen LogP contribution in [0.5, 0.6) is 17.2 Å². The molecule has 0 atom stereocenters. The molecule has 0 bridgehead atoms. The fourth-order valence-electron chi connectivity index (χ4n) is 1.30. The van der Waals surface area contributed by atoms with E-state index in [4.69, 9.17) is 21.2 Å². The summed E-state index contributed by atoms with van der Waals surface area (Å²) in [6.45, 7) is 6.74. The number of methoxy groups -OCH3 is 2. The van der Waals surface area contributed by atoms with Crippen molar-refractivity contribution in [2.75, 3.05) is 14.2 Å². The molecule has 6 heteroatoms. The van der Waals surface area contributed by atoms with Crippen LogP contribution in [0.3, 0.4) is 0 Å². The van der Waals surface area contributed by atoms with Crippen LogP contribution in [0.1, 0.15) is 5.56 Å². The fraction of sp³-hybridized carbons (Fsp3) is 0.167. The first kappa shape index (κ1) is 13.4. The number of aromatic hydroxyl groups is 1. The van der Waals surface area contributed by atoms with E-state index in [1.54, 1.807) is 0 Å². The van der Waals surface area contributed by atoms with Crippen LogP contribution in [0.25, 0.3) is 10.9 Å². The van der Waals surface area contributed by atoms with Crippen molar-refractivity contribution >= 4 is 12.0 Å². The zero-order valence-corrected chi connectivity index (χ0v) is 9.80. The normalized spacial score (nSPS) is 10.6. The molecule has 1 aromatic carbocycles. The maximum atomic E-state index is 10.7. The van der Waals surface area contributed by atoms with Gasteiger partial charge in [-0.2, -0.15) is 0 Å². The van der Waals surface area contributed by atoms with Crippen molar-refractivity contribution in [3.8, 4) is 17.2 Å². The molecule has 0 amide bonds. The van der Waals surface area contributed by atoms with Gasteiger partial charge in [-0.05, 0) is 23.8 Å². The summed E-state index contributed by atoms with van der Waals surface area (Å²) in [5, 5.41) is 18.4. The number of phenolic OH excluding ortho intramolecular Hbond substituents is 1. The van der Waals surface area contributed by atoms with Crippen LogP contribution in [-0.4, -0.2) is 30.4 Å². The quantitative estimate of drug-likeness (QED) is 0.627. The lowest BCUT2D eigenvalue weighted by Crippen LogP contribution is -1.96. The molecule has 0 aliphatic heterocycles. The van der Waals surface area contributed by atoms with Crippen LogP contribution in [-0.2, 0) is 4.79 Å². The third-order valence-electron chi connectivity index (χ3n) is 2.15. The second kappa shape index (κ2) is 5.59. The lowest BCUT2D eigenvalue weighted by Gasteiger charge is -2.09. The summed E-state index contributed by atoms with van der Waals surface area (Å²) in [4.78, 5) is 13.6. The Balaban J connectivity index is 3.35. The molecule has 0 saturated carbocycles. The number of ether oxygens (including phenoxy) is 2. The fourth-order valence-corrected chi connectivity index (χ4v) is 1.30. The van der Waals surface area contributed by atoms with Crippen molar-refractivity contribution in [3.63, 3.8) is 0 Å². The molecule has 0 aromatic heterocycles. The molecule has 18 heavy (non-hydrogen) atoms. The van der Waals surface area contributed by atoms with Crippen molar-refractivity contribution in [3.05, 3.63) is 34.8 Å². The maximum Gasteiger partial charge on any atom is 0.333 e. The van der Waals surface area contributed by atoms with Gasteiger partial charge in [0.1, 0.15) is 0 Å². The molecule has 0 aliphatic rings. The predicted molar refractivity (Wildman–Crippen MR) is 63.4 cm³/mol. The van der Waals surface area contributed by atoms with E-state index in [9.17, 15) is 9.90 Å². The second-order valence-electron chi connectivity index (χ2n) is 3.22. The number of carboxylic acid groups (broad SMARTS) is 1. The van der Waals surface area contributed by atoms with E-state index in [1.165, 1.54) is 32.4 Å². The summed E-state index contributed by atoms with van der Waals surface area (Å²) in [7, 11) is 2.71. The molecule has 1 rings (SSSR count). The highest BCUT2D eigenvalue weighted by atomic mass is 16.5. The number of carboxylic acids is 1. The Kier molecular flexibility index (Phi) is 4.16. The van der Waals surface area contributed by atoms with Gasteiger partial charge in [-0.25, -0.2) is 4.85 Å². The summed E-state index contributed by atoms with van der Waals surface area (Å²) in [5.41, 5.74) is -0.0558. The Labute approximate surface area is 104 Å². The van der Waals surface area contributed by atoms with Gasteiger partial charge >= 0.3 is 5.97 Å². The van der Waals surface area contributed by atoms with Crippen LogP contribution in [0, 0.1) is 6.57 Å². The van der Waals surface area contributed by atoms with Crippen LogP contribution < -0.4 is 9.47 Å². The molecule has 94 valence electrons. The number of carbonyl (C=O) groups is 1. The number of hydrogen-bond acceptors (Lipinski definition) is 4. The molecule has 0 unspecified atom stereocenters. The third kappa shape index (κ3) is 2.71. The summed E-state index contributed by atoms with van der Waals surface area (Å²) >= 11 is 0. The van der Waals surface area contributed by atoms with Gasteiger partial charge in [-0.15, -0.1) is 0 Å². The van der Waals surface area contributed by atoms with Crippen molar-refractivity contribution in [1.29, 1.82) is 0 Å². The highest BCUT2D eigenvalue weighted by molar-refractivity contribution is 5.94. The number of aliphatic carboxylic acids is 1. The predicted octanol–water partition coefficient (Wildman–Crippen LogP) is 1.75. The Hall–Kier alpha value is -2.68. The topological polar surface area (TPSA) is 80.3 Å². The summed E-state index contributed by atoms with van der Waals surface area (Å²) in [6.07, 6.45) is 1.17. The minimum absolute atomic E-state index is 0.135. The van der Waals surface area contributed by atoms with E-state index in [0.717, 1.165) is 0 Å². The van der Waals surface area contributed by atoms with Crippen LogP contribution >= 0.6 is 0 Å². The maximum absolute atomic E-state index is 10.7. The van der Waals surface area contributed by atoms with Gasteiger partial charge in [0.15, 0.2) is 11.5 Å². The Morgan fingerprint density at radius 2 is 1.83 bits per heavy atom. The van der Waals surface area contributed by atoms with Crippen LogP contribution in [0.4, 0.5) is 0 Å². The molecule has 0 spiro atoms. The Morgan fingerprint density at radius 3 is 2.17 bits per heavy atom. The number of hydrogen-bond donors (Lipinski definition) is 2. The van der Waals surface area contributed by atoms with Gasteiger partial charge in [0.25, 0.3) is 5.70 Å². The summed E-state index contributed by atoms with van der Waals surface area (Å²) < 4.78 is 9.84. The van der Waals surface area contributed by atoms with Gasteiger partial charge in [0, 0.05) is 0 Å². The highest BCUT2D eigenvalue weighted by Gasteiger charge is 2.12. The van der Waals surface area contributed by atoms with E-state index in [0.29, 0.717) is 5.56 Å². The number of nitrogens with zero attached hydrogens (tertiary/aromatic N) is 1. The Bertz CT molecular complexity index is 517. The first-order chi connectivity index (χ1) is 8.53. The molecular formula is C12H11NO5. The van der Waals surface area contributed by atoms with Crippen LogP contribution in [0.15, 0.2) is 17.8 Å². The third-order valence-corrected chi connectivity index (χ3v) is 2.15. The van der Waals surface area contributed by atoms with Gasteiger partial charge in [0.2, 0.25) is 5.75 Å². The van der Waals surface area contributed by atoms with E-state index < -0.39 is 11.7 Å². The second-order valence-corrected chi connectivity index (χ2v) is 3.22. The lowest BCUT2D eigenvalue weighted by molar-refractivity contribution is -0.132. The van der Waals surface area contributed by atoms with Crippen molar-refractivity contribution in [1.82, 2.24) is 0 Å². The highest BCUT2D eigenvalue weighted by Crippen LogP contribution is 2.37. The van der Waals surface area contributed by atoms with Gasteiger partial charge in [-0.1, -0.05) is 0 Å². The number of benzene rings is 1. The molecule has 1 aromatic rings. The first-order valence-electron chi connectivity index (χ1n) is 4.81. The minimum Gasteiger partial charge on any atom is -0.502 e. The summed E-state index contributed by atoms with van der Waals surface area (Å²) in [6, 6.07) is 2.82. The average Bonchev–Trinajstić information content (AvgIpc) is 2.36. The molecule has 0 heterocycles.